The molecule has 29 heavy (non-hydrogen) atoms. The molecule has 2 aromatic carbocycles. The van der Waals surface area contributed by atoms with E-state index in [1.165, 1.54) is 12.1 Å². The number of azo groups is 1. The molecular formula is C14H10N6O9. The van der Waals surface area contributed by atoms with Gasteiger partial charge in [0.25, 0.3) is 0 Å². The molecule has 0 heterocycles. The van der Waals surface area contributed by atoms with E-state index in [0.29, 0.717) is 0 Å². The van der Waals surface area contributed by atoms with Gasteiger partial charge in [0.2, 0.25) is 0 Å². The Hall–Kier alpha value is -4.56. The van der Waals surface area contributed by atoms with Crippen molar-refractivity contribution >= 4 is 0 Å². The molecule has 0 aliphatic carbocycles. The second-order valence-corrected chi connectivity index (χ2v) is 5.40. The third-order valence-corrected chi connectivity index (χ3v) is 3.84. The van der Waals surface area contributed by atoms with E-state index in [1.807, 2.05) is 0 Å². The first-order valence-electron chi connectivity index (χ1n) is 7.51. The van der Waals surface area contributed by atoms with E-state index in [2.05, 4.69) is 5.11 Å². The molecule has 0 aliphatic heterocycles. The molecule has 0 aromatic heterocycles. The predicted molar refractivity (Wildman–Crippen MR) is 90.3 cm³/mol. The monoisotopic (exact) mass is 406 g/mol. The minimum absolute atomic E-state index is 0.746. The van der Waals surface area contributed by atoms with Crippen LogP contribution in [0.2, 0.25) is 0 Å². The van der Waals surface area contributed by atoms with E-state index >= 15 is 0 Å². The van der Waals surface area contributed by atoms with E-state index < -0.39 is 47.3 Å². The summed E-state index contributed by atoms with van der Waals surface area (Å²) < 4.78 is 0. The Balaban J connectivity index is 2.91. The quantitative estimate of drug-likeness (QED) is 0.205. The van der Waals surface area contributed by atoms with Gasteiger partial charge in [0.15, 0.2) is 15.4 Å². The van der Waals surface area contributed by atoms with Gasteiger partial charge in [-0.1, -0.05) is 36.4 Å². The highest BCUT2D eigenvalue weighted by atomic mass is 16.7. The van der Waals surface area contributed by atoms with Gasteiger partial charge in [0.05, 0.1) is 4.86 Å². The summed E-state index contributed by atoms with van der Waals surface area (Å²) >= 11 is 0. The van der Waals surface area contributed by atoms with Gasteiger partial charge in [-0.05, 0) is 24.3 Å². The third kappa shape index (κ3) is 3.15. The maximum absolute atomic E-state index is 12.6. The number of hydroxylamine groups is 1. The average Bonchev–Trinajstić information content (AvgIpc) is 2.67. The maximum atomic E-state index is 12.6. The highest BCUT2D eigenvalue weighted by molar-refractivity contribution is 5.19. The first-order chi connectivity index (χ1) is 13.6. The van der Waals surface area contributed by atoms with E-state index in [4.69, 9.17) is 0 Å². The van der Waals surface area contributed by atoms with Crippen molar-refractivity contribution in [2.75, 3.05) is 0 Å². The largest absolute Gasteiger partial charge is 0.710 e. The second kappa shape index (κ2) is 7.59. The molecule has 0 atom stereocenters. The molecule has 0 saturated heterocycles. The van der Waals surface area contributed by atoms with E-state index in [9.17, 15) is 45.7 Å². The molecule has 0 bridgehead atoms. The maximum Gasteiger partial charge on any atom is 0.710 e. The average molecular weight is 406 g/mol. The fourth-order valence-corrected chi connectivity index (χ4v) is 2.46. The molecule has 0 saturated carbocycles. The Kier molecular flexibility index (Phi) is 5.43. The molecule has 0 N–H and O–H groups in total. The number of hydrogen-bond acceptors (Lipinski definition) is 10. The SMILES string of the molecule is O=[N+]([O-])C(N=[N+]([O-])C(c1ccccc1)([N+](=O)[O-])[N+](=O)[O-])(c1ccccc1)[N+](=O)[O-]. The van der Waals surface area contributed by atoms with Crippen molar-refractivity contribution < 1.29 is 24.6 Å². The Morgan fingerprint density at radius 3 is 1.31 bits per heavy atom. The summed E-state index contributed by atoms with van der Waals surface area (Å²) in [6.45, 7) is 0. The molecule has 0 amide bonds. The van der Waals surface area contributed by atoms with Crippen molar-refractivity contribution in [2.24, 2.45) is 5.11 Å². The van der Waals surface area contributed by atoms with Crippen LogP contribution in [-0.4, -0.2) is 24.6 Å². The molecule has 2 aromatic rings. The third-order valence-electron chi connectivity index (χ3n) is 3.84. The Labute approximate surface area is 159 Å². The summed E-state index contributed by atoms with van der Waals surface area (Å²) in [5, 5.41) is 61.7. The standard InChI is InChI=1S/C14H10N6O9/c21-16(14(19(26)27,20(28)29)12-9-5-2-6-10-12)15-13(17(22)23,18(24)25)11-7-3-1-4-8-11/h1-10H. The Bertz CT molecular complexity index is 967. The minimum atomic E-state index is -3.90. The summed E-state index contributed by atoms with van der Waals surface area (Å²) in [6.07, 6.45) is 0. The fraction of sp³-hybridized carbons (Fsp3) is 0.143. The number of nitro groups is 4. The van der Waals surface area contributed by atoms with Crippen LogP contribution in [-0.2, 0) is 11.6 Å². The van der Waals surface area contributed by atoms with Crippen LogP contribution in [0.25, 0.3) is 0 Å². The fourth-order valence-electron chi connectivity index (χ4n) is 2.46. The zero-order valence-electron chi connectivity index (χ0n) is 14.1. The van der Waals surface area contributed by atoms with Crippen LogP contribution in [0.4, 0.5) is 0 Å². The van der Waals surface area contributed by atoms with Gasteiger partial charge >= 0.3 is 11.6 Å². The molecule has 150 valence electrons. The highest BCUT2D eigenvalue weighted by Crippen LogP contribution is 2.33. The van der Waals surface area contributed by atoms with E-state index in [0.717, 1.165) is 48.5 Å². The van der Waals surface area contributed by atoms with Gasteiger partial charge in [-0.3, -0.25) is 40.5 Å². The summed E-state index contributed by atoms with van der Waals surface area (Å²) in [4.78, 5) is 38.6. The minimum Gasteiger partial charge on any atom is -0.588 e. The zero-order chi connectivity index (χ0) is 21.8. The van der Waals surface area contributed by atoms with Crippen molar-refractivity contribution in [3.63, 3.8) is 0 Å². The molecule has 2 rings (SSSR count). The molecular weight excluding hydrogens is 396 g/mol. The van der Waals surface area contributed by atoms with Crippen LogP contribution in [0.3, 0.4) is 0 Å². The van der Waals surface area contributed by atoms with Crippen LogP contribution >= 0.6 is 0 Å². The second-order valence-electron chi connectivity index (χ2n) is 5.40. The van der Waals surface area contributed by atoms with Crippen molar-refractivity contribution in [2.45, 2.75) is 11.6 Å². The van der Waals surface area contributed by atoms with Gasteiger partial charge < -0.3 is 5.21 Å². The number of benzene rings is 2. The van der Waals surface area contributed by atoms with Crippen LogP contribution in [0, 0.1) is 45.7 Å². The Morgan fingerprint density at radius 2 is 0.966 bits per heavy atom. The smallest absolute Gasteiger partial charge is 0.588 e. The van der Waals surface area contributed by atoms with E-state index in [1.54, 1.807) is 0 Å². The molecule has 0 aliphatic rings. The van der Waals surface area contributed by atoms with Crippen LogP contribution in [0.5, 0.6) is 0 Å². The van der Waals surface area contributed by atoms with E-state index in [-0.39, 0.29) is 0 Å². The van der Waals surface area contributed by atoms with Crippen molar-refractivity contribution in [3.8, 4) is 0 Å². The lowest BCUT2D eigenvalue weighted by Crippen LogP contribution is -2.53. The number of rotatable bonds is 8. The van der Waals surface area contributed by atoms with Crippen molar-refractivity contribution in [3.05, 3.63) is 117 Å². The normalized spacial score (nSPS) is 12.2. The summed E-state index contributed by atoms with van der Waals surface area (Å²) in [5.41, 5.74) is -1.56. The summed E-state index contributed by atoms with van der Waals surface area (Å²) in [7, 11) is 0. The van der Waals surface area contributed by atoms with Crippen molar-refractivity contribution in [1.82, 2.24) is 0 Å². The van der Waals surface area contributed by atoms with Gasteiger partial charge in [-0.2, -0.15) is 0 Å². The lowest BCUT2D eigenvalue weighted by atomic mass is 10.1. The summed E-state index contributed by atoms with van der Waals surface area (Å²) in [6, 6.07) is 10.7. The molecule has 0 spiro atoms. The molecule has 15 heteroatoms. The van der Waals surface area contributed by atoms with Crippen LogP contribution in [0.15, 0.2) is 65.8 Å². The first-order valence-corrected chi connectivity index (χ1v) is 7.51. The van der Waals surface area contributed by atoms with Crippen LogP contribution in [0.1, 0.15) is 11.1 Å². The predicted octanol–water partition coefficient (Wildman–Crippen LogP) is 1.68. The zero-order valence-corrected chi connectivity index (χ0v) is 14.1. The number of hydrogen-bond donors (Lipinski definition) is 0. The number of nitrogens with zero attached hydrogens (tertiary/aromatic N) is 6. The molecule has 0 radical (unpaired) electrons. The molecule has 0 unspecified atom stereocenters. The summed E-state index contributed by atoms with van der Waals surface area (Å²) in [5.74, 6) is -7.65. The lowest BCUT2D eigenvalue weighted by molar-refractivity contribution is -1.01. The topological polar surface area (TPSA) is 211 Å². The molecule has 0 fully saturated rings. The lowest BCUT2D eigenvalue weighted by Gasteiger charge is -2.15. The van der Waals surface area contributed by atoms with Gasteiger partial charge in [-0.15, -0.1) is 0 Å². The van der Waals surface area contributed by atoms with Gasteiger partial charge in [0, 0.05) is 0 Å². The van der Waals surface area contributed by atoms with Crippen molar-refractivity contribution in [1.29, 1.82) is 0 Å². The first kappa shape index (κ1) is 20.7. The highest BCUT2D eigenvalue weighted by Gasteiger charge is 2.74. The Morgan fingerprint density at radius 1 is 0.586 bits per heavy atom. The van der Waals surface area contributed by atoms with Crippen LogP contribution < -0.4 is 0 Å². The van der Waals surface area contributed by atoms with Gasteiger partial charge in [0.1, 0.15) is 20.5 Å². The van der Waals surface area contributed by atoms with Gasteiger partial charge in [-0.25, -0.2) is 0 Å². The molecule has 15 nitrogen and oxygen atoms in total.